The van der Waals surface area contributed by atoms with Gasteiger partial charge >= 0.3 is 0 Å². The van der Waals surface area contributed by atoms with E-state index in [-0.39, 0.29) is 18.0 Å². The Bertz CT molecular complexity index is 715. The van der Waals surface area contributed by atoms with Crippen molar-refractivity contribution in [3.63, 3.8) is 0 Å². The van der Waals surface area contributed by atoms with E-state index in [1.807, 2.05) is 0 Å². The lowest BCUT2D eigenvalue weighted by Gasteiger charge is -2.01. The van der Waals surface area contributed by atoms with E-state index in [1.165, 1.54) is 18.2 Å². The van der Waals surface area contributed by atoms with Crippen LogP contribution in [-0.2, 0) is 17.5 Å². The Kier molecular flexibility index (Phi) is 5.20. The molecule has 0 saturated heterocycles. The average molecular weight is 306 g/mol. The second-order valence-electron chi connectivity index (χ2n) is 4.34. The first-order chi connectivity index (χ1) is 10.0. The largest absolute Gasteiger partial charge is 0.306 e. The van der Waals surface area contributed by atoms with Gasteiger partial charge < -0.3 is 4.55 Å². The van der Waals surface area contributed by atoms with Crippen molar-refractivity contribution >= 4 is 11.1 Å². The third-order valence-corrected chi connectivity index (χ3v) is 3.35. The Labute approximate surface area is 124 Å². The zero-order valence-electron chi connectivity index (χ0n) is 11.0. The third-order valence-electron chi connectivity index (χ3n) is 2.79. The van der Waals surface area contributed by atoms with E-state index in [4.69, 9.17) is 4.55 Å². The first-order valence-corrected chi connectivity index (χ1v) is 7.45. The highest BCUT2D eigenvalue weighted by Gasteiger charge is 2.04. The fourth-order valence-electron chi connectivity index (χ4n) is 1.70. The van der Waals surface area contributed by atoms with Crippen LogP contribution in [0.15, 0.2) is 42.5 Å². The minimum absolute atomic E-state index is 0.00246. The summed E-state index contributed by atoms with van der Waals surface area (Å²) in [5.41, 5.74) is 1.51. The number of benzene rings is 2. The van der Waals surface area contributed by atoms with Gasteiger partial charge in [-0.2, -0.15) is 0 Å². The Hall–Kier alpha value is -2.03. The van der Waals surface area contributed by atoms with Crippen LogP contribution < -0.4 is 0 Å². The van der Waals surface area contributed by atoms with Crippen LogP contribution in [0.3, 0.4) is 0 Å². The highest BCUT2D eigenvalue weighted by Crippen LogP contribution is 2.11. The Balaban J connectivity index is 2.13. The fraction of sp³-hybridized carbons (Fsp3) is 0.125. The molecule has 0 aliphatic carbocycles. The molecule has 0 aromatic heterocycles. The van der Waals surface area contributed by atoms with E-state index < -0.39 is 16.9 Å². The highest BCUT2D eigenvalue weighted by atomic mass is 32.2. The molecule has 1 N–H and O–H groups in total. The predicted octanol–water partition coefficient (Wildman–Crippen LogP) is 3.13. The fourth-order valence-corrected chi connectivity index (χ4v) is 2.10. The van der Waals surface area contributed by atoms with Gasteiger partial charge in [0.25, 0.3) is 0 Å². The van der Waals surface area contributed by atoms with Gasteiger partial charge in [-0.15, -0.1) is 0 Å². The minimum Gasteiger partial charge on any atom is -0.306 e. The van der Waals surface area contributed by atoms with Gasteiger partial charge in [-0.25, -0.2) is 13.0 Å². The molecule has 0 saturated carbocycles. The molecule has 0 radical (unpaired) electrons. The maximum absolute atomic E-state index is 13.8. The quantitative estimate of drug-likeness (QED) is 0.699. The van der Waals surface area contributed by atoms with Gasteiger partial charge in [0.15, 0.2) is 11.1 Å². The van der Waals surface area contributed by atoms with Crippen LogP contribution >= 0.6 is 0 Å². The van der Waals surface area contributed by atoms with Crippen molar-refractivity contribution in [2.24, 2.45) is 0 Å². The molecule has 21 heavy (non-hydrogen) atoms. The van der Waals surface area contributed by atoms with Crippen molar-refractivity contribution in [1.29, 1.82) is 0 Å². The van der Waals surface area contributed by atoms with Crippen LogP contribution in [0.2, 0.25) is 0 Å². The molecule has 1 unspecified atom stereocenters. The van der Waals surface area contributed by atoms with E-state index in [2.05, 4.69) is 11.8 Å². The zero-order chi connectivity index (χ0) is 15.2. The monoisotopic (exact) mass is 306 g/mol. The summed E-state index contributed by atoms with van der Waals surface area (Å²) in [4.78, 5) is 0. The van der Waals surface area contributed by atoms with Crippen LogP contribution in [0, 0.1) is 23.5 Å². The van der Waals surface area contributed by atoms with Gasteiger partial charge in [-0.3, -0.25) is 0 Å². The lowest BCUT2D eigenvalue weighted by Crippen LogP contribution is -2.01. The number of halogens is 2. The molecule has 0 aliphatic rings. The second kappa shape index (κ2) is 7.11. The summed E-state index contributed by atoms with van der Waals surface area (Å²) in [6.45, 7) is 0. The summed E-state index contributed by atoms with van der Waals surface area (Å²) in [7, 11) is 0. The Morgan fingerprint density at radius 2 is 1.62 bits per heavy atom. The maximum Gasteiger partial charge on any atom is 0.153 e. The van der Waals surface area contributed by atoms with Crippen molar-refractivity contribution in [2.45, 2.75) is 6.42 Å². The number of aryl methyl sites for hydroxylation is 1. The topological polar surface area (TPSA) is 37.3 Å². The van der Waals surface area contributed by atoms with Crippen LogP contribution in [-0.4, -0.2) is 14.5 Å². The van der Waals surface area contributed by atoms with E-state index in [9.17, 15) is 13.0 Å². The van der Waals surface area contributed by atoms with Crippen molar-refractivity contribution in [2.75, 3.05) is 5.75 Å². The van der Waals surface area contributed by atoms with Crippen molar-refractivity contribution in [3.05, 3.63) is 70.8 Å². The van der Waals surface area contributed by atoms with Crippen molar-refractivity contribution < 1.29 is 17.5 Å². The van der Waals surface area contributed by atoms with Gasteiger partial charge in [-0.05, 0) is 48.4 Å². The molecule has 0 heterocycles. The normalized spacial score (nSPS) is 11.6. The first kappa shape index (κ1) is 15.4. The van der Waals surface area contributed by atoms with Gasteiger partial charge in [0.2, 0.25) is 0 Å². The van der Waals surface area contributed by atoms with E-state index in [0.717, 1.165) is 0 Å². The van der Waals surface area contributed by atoms with Crippen LogP contribution in [0.1, 0.15) is 16.7 Å². The molecule has 5 heteroatoms. The zero-order valence-corrected chi connectivity index (χ0v) is 11.8. The second-order valence-corrected chi connectivity index (χ2v) is 5.39. The molecule has 1 atom stereocenters. The molecule has 2 rings (SSSR count). The molecule has 2 aromatic carbocycles. The molecule has 0 fully saturated rings. The molecular weight excluding hydrogens is 294 g/mol. The van der Waals surface area contributed by atoms with Gasteiger partial charge in [-0.1, -0.05) is 17.9 Å². The predicted molar refractivity (Wildman–Crippen MR) is 78.1 cm³/mol. The molecule has 0 spiro atoms. The average Bonchev–Trinajstić information content (AvgIpc) is 2.45. The molecule has 2 nitrogen and oxygen atoms in total. The highest BCUT2D eigenvalue weighted by molar-refractivity contribution is 7.79. The number of rotatable bonds is 3. The summed E-state index contributed by atoms with van der Waals surface area (Å²) in [6.07, 6.45) is 0.195. The Morgan fingerprint density at radius 1 is 1.00 bits per heavy atom. The standard InChI is InChI=1S/C16H12F2O2S/c17-15-7-4-12(5-8-15)1-2-13-3-6-14(16(18)11-13)9-10-21(19)20/h3-8,11H,9-10H2,(H,19,20). The SMILES string of the molecule is O=S(O)CCc1ccc(C#Cc2ccc(F)cc2)cc1F. The Morgan fingerprint density at radius 3 is 2.24 bits per heavy atom. The first-order valence-electron chi connectivity index (χ1n) is 6.18. The van der Waals surface area contributed by atoms with Gasteiger partial charge in [0.05, 0.1) is 5.75 Å². The summed E-state index contributed by atoms with van der Waals surface area (Å²) in [6, 6.07) is 10.2. The van der Waals surface area contributed by atoms with Crippen LogP contribution in [0.25, 0.3) is 0 Å². The lowest BCUT2D eigenvalue weighted by molar-refractivity contribution is 0.562. The lowest BCUT2D eigenvalue weighted by atomic mass is 10.1. The summed E-state index contributed by atoms with van der Waals surface area (Å²) >= 11 is -1.94. The smallest absolute Gasteiger partial charge is 0.153 e. The maximum atomic E-state index is 13.8. The van der Waals surface area contributed by atoms with Gasteiger partial charge in [0, 0.05) is 11.1 Å². The van der Waals surface area contributed by atoms with Crippen molar-refractivity contribution in [3.8, 4) is 11.8 Å². The van der Waals surface area contributed by atoms with Crippen molar-refractivity contribution in [1.82, 2.24) is 0 Å². The van der Waals surface area contributed by atoms with Gasteiger partial charge in [0.1, 0.15) is 11.6 Å². The number of hydrogen-bond acceptors (Lipinski definition) is 1. The van der Waals surface area contributed by atoms with Crippen LogP contribution in [0.4, 0.5) is 8.78 Å². The van der Waals surface area contributed by atoms with Crippen LogP contribution in [0.5, 0.6) is 0 Å². The minimum atomic E-state index is -1.94. The van der Waals surface area contributed by atoms with E-state index in [0.29, 0.717) is 16.7 Å². The molecule has 108 valence electrons. The van der Waals surface area contributed by atoms with E-state index >= 15 is 0 Å². The molecular formula is C16H12F2O2S. The summed E-state index contributed by atoms with van der Waals surface area (Å²) < 4.78 is 45.8. The summed E-state index contributed by atoms with van der Waals surface area (Å²) in [5, 5.41) is 0. The number of hydrogen-bond donors (Lipinski definition) is 1. The third kappa shape index (κ3) is 4.78. The molecule has 0 aliphatic heterocycles. The molecule has 0 bridgehead atoms. The molecule has 2 aromatic rings. The summed E-state index contributed by atoms with van der Waals surface area (Å²) in [5.74, 6) is 4.81. The van der Waals surface area contributed by atoms with E-state index in [1.54, 1.807) is 24.3 Å². The molecule has 0 amide bonds.